The van der Waals surface area contributed by atoms with Crippen LogP contribution >= 0.6 is 11.3 Å². The van der Waals surface area contributed by atoms with Crippen LogP contribution in [0.2, 0.25) is 0 Å². The van der Waals surface area contributed by atoms with Gasteiger partial charge in [-0.25, -0.2) is 18.1 Å². The number of carbonyl (C=O) groups excluding carboxylic acids is 1. The first-order chi connectivity index (χ1) is 12.8. The van der Waals surface area contributed by atoms with Crippen molar-refractivity contribution in [3.63, 3.8) is 0 Å². The number of aryl methyl sites for hydroxylation is 2. The molecular formula is C19H19N3O3S2. The number of benzene rings is 2. The maximum absolute atomic E-state index is 12.8. The molecule has 0 atom stereocenters. The zero-order valence-electron chi connectivity index (χ0n) is 15.1. The molecule has 0 spiro atoms. The zero-order chi connectivity index (χ0) is 19.6. The molecule has 2 N–H and O–H groups in total. The van der Waals surface area contributed by atoms with Crippen LogP contribution in [0.3, 0.4) is 0 Å². The number of amides is 1. The van der Waals surface area contributed by atoms with Gasteiger partial charge in [0.15, 0.2) is 0 Å². The highest BCUT2D eigenvalue weighted by molar-refractivity contribution is 7.89. The summed E-state index contributed by atoms with van der Waals surface area (Å²) < 4.78 is 26.6. The maximum atomic E-state index is 12.8. The molecule has 2 aromatic carbocycles. The van der Waals surface area contributed by atoms with Crippen LogP contribution in [-0.2, 0) is 10.0 Å². The van der Waals surface area contributed by atoms with Crippen molar-refractivity contribution in [1.29, 1.82) is 0 Å². The molecule has 27 heavy (non-hydrogen) atoms. The molecule has 8 heteroatoms. The van der Waals surface area contributed by atoms with Crippen molar-refractivity contribution in [3.05, 3.63) is 64.0 Å². The van der Waals surface area contributed by atoms with Gasteiger partial charge in [-0.3, -0.25) is 4.79 Å². The van der Waals surface area contributed by atoms with Gasteiger partial charge in [0.25, 0.3) is 5.91 Å². The summed E-state index contributed by atoms with van der Waals surface area (Å²) in [7, 11) is -2.26. The fourth-order valence-electron chi connectivity index (χ4n) is 2.64. The smallest absolute Gasteiger partial charge is 0.268 e. The van der Waals surface area contributed by atoms with Gasteiger partial charge in [-0.1, -0.05) is 36.4 Å². The van der Waals surface area contributed by atoms with Crippen molar-refractivity contribution >= 4 is 33.0 Å². The SMILES string of the molecule is CNS(=O)(=O)c1cc(NC(=O)c2sc(C)nc2-c2ccccc2)ccc1C. The van der Waals surface area contributed by atoms with Crippen molar-refractivity contribution < 1.29 is 13.2 Å². The molecule has 140 valence electrons. The predicted octanol–water partition coefficient (Wildman–Crippen LogP) is 3.59. The normalized spacial score (nSPS) is 11.4. The molecule has 3 rings (SSSR count). The van der Waals surface area contributed by atoms with Crippen LogP contribution in [0.5, 0.6) is 0 Å². The van der Waals surface area contributed by atoms with E-state index in [1.165, 1.54) is 24.5 Å². The van der Waals surface area contributed by atoms with Crippen LogP contribution in [0, 0.1) is 13.8 Å². The number of rotatable bonds is 5. The summed E-state index contributed by atoms with van der Waals surface area (Å²) >= 11 is 1.30. The molecule has 0 saturated carbocycles. The fourth-order valence-corrected chi connectivity index (χ4v) is 4.47. The third kappa shape index (κ3) is 4.08. The Bertz CT molecular complexity index is 1090. The van der Waals surface area contributed by atoms with Gasteiger partial charge in [-0.05, 0) is 38.6 Å². The second kappa shape index (κ2) is 7.59. The Kier molecular flexibility index (Phi) is 5.41. The van der Waals surface area contributed by atoms with Crippen molar-refractivity contribution in [2.75, 3.05) is 12.4 Å². The lowest BCUT2D eigenvalue weighted by atomic mass is 10.1. The van der Waals surface area contributed by atoms with E-state index in [-0.39, 0.29) is 10.8 Å². The predicted molar refractivity (Wildman–Crippen MR) is 108 cm³/mol. The van der Waals surface area contributed by atoms with E-state index in [0.29, 0.717) is 21.8 Å². The third-order valence-corrected chi connectivity index (χ3v) is 6.52. The van der Waals surface area contributed by atoms with Gasteiger partial charge in [0.1, 0.15) is 4.88 Å². The molecular weight excluding hydrogens is 382 g/mol. The molecule has 1 amide bonds. The maximum Gasteiger partial charge on any atom is 0.268 e. The van der Waals surface area contributed by atoms with Crippen LogP contribution in [0.4, 0.5) is 5.69 Å². The average Bonchev–Trinajstić information content (AvgIpc) is 3.06. The Morgan fingerprint density at radius 1 is 1.07 bits per heavy atom. The lowest BCUT2D eigenvalue weighted by Gasteiger charge is -2.10. The van der Waals surface area contributed by atoms with Gasteiger partial charge in [0.2, 0.25) is 10.0 Å². The monoisotopic (exact) mass is 401 g/mol. The Morgan fingerprint density at radius 3 is 2.44 bits per heavy atom. The van der Waals surface area contributed by atoms with Crippen LogP contribution in [0.15, 0.2) is 53.4 Å². The number of hydrogen-bond acceptors (Lipinski definition) is 5. The second-order valence-electron chi connectivity index (χ2n) is 5.92. The van der Waals surface area contributed by atoms with Crippen LogP contribution in [-0.4, -0.2) is 26.4 Å². The molecule has 0 fully saturated rings. The summed E-state index contributed by atoms with van der Waals surface area (Å²) in [4.78, 5) is 17.9. The number of thiazole rings is 1. The van der Waals surface area contributed by atoms with E-state index < -0.39 is 10.0 Å². The Labute approximate surface area is 162 Å². The average molecular weight is 402 g/mol. The number of hydrogen-bond donors (Lipinski definition) is 2. The number of aromatic nitrogens is 1. The molecule has 0 aliphatic heterocycles. The molecule has 0 unspecified atom stereocenters. The third-order valence-electron chi connectivity index (χ3n) is 3.99. The van der Waals surface area contributed by atoms with Crippen molar-refractivity contribution in [2.45, 2.75) is 18.7 Å². The summed E-state index contributed by atoms with van der Waals surface area (Å²) in [6, 6.07) is 14.3. The van der Waals surface area contributed by atoms with Gasteiger partial charge in [-0.15, -0.1) is 11.3 Å². The van der Waals surface area contributed by atoms with Gasteiger partial charge < -0.3 is 5.32 Å². The number of sulfonamides is 1. The van der Waals surface area contributed by atoms with E-state index in [1.54, 1.807) is 19.1 Å². The molecule has 0 aliphatic carbocycles. The minimum atomic E-state index is -3.61. The van der Waals surface area contributed by atoms with Crippen molar-refractivity contribution in [1.82, 2.24) is 9.71 Å². The molecule has 1 heterocycles. The van der Waals surface area contributed by atoms with E-state index in [0.717, 1.165) is 10.6 Å². The molecule has 0 saturated heterocycles. The highest BCUT2D eigenvalue weighted by Crippen LogP contribution is 2.29. The summed E-state index contributed by atoms with van der Waals surface area (Å²) in [5.41, 5.74) is 2.48. The Balaban J connectivity index is 1.95. The lowest BCUT2D eigenvalue weighted by Crippen LogP contribution is -2.20. The molecule has 0 radical (unpaired) electrons. The molecule has 6 nitrogen and oxygen atoms in total. The molecule has 0 aliphatic rings. The summed E-state index contributed by atoms with van der Waals surface area (Å²) in [6.07, 6.45) is 0. The van der Waals surface area contributed by atoms with E-state index in [4.69, 9.17) is 0 Å². The number of nitrogens with zero attached hydrogens (tertiary/aromatic N) is 1. The van der Waals surface area contributed by atoms with Gasteiger partial charge in [0, 0.05) is 11.3 Å². The van der Waals surface area contributed by atoms with Gasteiger partial charge >= 0.3 is 0 Å². The minimum Gasteiger partial charge on any atom is -0.321 e. The quantitative estimate of drug-likeness (QED) is 0.684. The first-order valence-corrected chi connectivity index (χ1v) is 10.5. The fraction of sp³-hybridized carbons (Fsp3) is 0.158. The van der Waals surface area contributed by atoms with E-state index in [1.807, 2.05) is 37.3 Å². The second-order valence-corrected chi connectivity index (χ2v) is 8.98. The van der Waals surface area contributed by atoms with E-state index >= 15 is 0 Å². The minimum absolute atomic E-state index is 0.131. The highest BCUT2D eigenvalue weighted by atomic mass is 32.2. The zero-order valence-corrected chi connectivity index (χ0v) is 16.7. The van der Waals surface area contributed by atoms with Crippen molar-refractivity contribution in [2.24, 2.45) is 0 Å². The Hall–Kier alpha value is -2.55. The standard InChI is InChI=1S/C19H19N3O3S2/c1-12-9-10-15(11-16(12)27(24,25)20-3)22-19(23)18-17(21-13(2)26-18)14-7-5-4-6-8-14/h4-11,20H,1-3H3,(H,22,23). The summed E-state index contributed by atoms with van der Waals surface area (Å²) in [5, 5.41) is 3.56. The topological polar surface area (TPSA) is 88.2 Å². The number of carbonyl (C=O) groups is 1. The highest BCUT2D eigenvalue weighted by Gasteiger charge is 2.20. The molecule has 0 bridgehead atoms. The van der Waals surface area contributed by atoms with E-state index in [9.17, 15) is 13.2 Å². The van der Waals surface area contributed by atoms with Crippen molar-refractivity contribution in [3.8, 4) is 11.3 Å². The van der Waals surface area contributed by atoms with Crippen LogP contribution in [0.25, 0.3) is 11.3 Å². The van der Waals surface area contributed by atoms with Gasteiger partial charge in [-0.2, -0.15) is 0 Å². The van der Waals surface area contributed by atoms with Crippen LogP contribution < -0.4 is 10.0 Å². The number of anilines is 1. The summed E-state index contributed by atoms with van der Waals surface area (Å²) in [6.45, 7) is 3.55. The summed E-state index contributed by atoms with van der Waals surface area (Å²) in [5.74, 6) is -0.323. The van der Waals surface area contributed by atoms with Gasteiger partial charge in [0.05, 0.1) is 15.6 Å². The molecule has 1 aromatic heterocycles. The molecule has 3 aromatic rings. The Morgan fingerprint density at radius 2 is 1.78 bits per heavy atom. The largest absolute Gasteiger partial charge is 0.321 e. The first kappa shape index (κ1) is 19.2. The lowest BCUT2D eigenvalue weighted by molar-refractivity contribution is 0.103. The van der Waals surface area contributed by atoms with E-state index in [2.05, 4.69) is 15.0 Å². The number of nitrogens with one attached hydrogen (secondary N) is 2. The first-order valence-electron chi connectivity index (χ1n) is 8.20. The van der Waals surface area contributed by atoms with Crippen LogP contribution in [0.1, 0.15) is 20.2 Å².